The van der Waals surface area contributed by atoms with E-state index < -0.39 is 11.6 Å². The van der Waals surface area contributed by atoms with Crippen LogP contribution >= 0.6 is 43.2 Å². The molecule has 2 N–H and O–H groups in total. The summed E-state index contributed by atoms with van der Waals surface area (Å²) in [6.07, 6.45) is 0.255. The van der Waals surface area contributed by atoms with Gasteiger partial charge in [0.05, 0.1) is 7.57 Å². The molecule has 1 unspecified atom stereocenters. The first-order valence-electron chi connectivity index (χ1n) is 5.12. The van der Waals surface area contributed by atoms with Crippen molar-refractivity contribution >= 4 is 43.2 Å². The summed E-state index contributed by atoms with van der Waals surface area (Å²) < 4.78 is 28.5. The highest BCUT2D eigenvalue weighted by molar-refractivity contribution is 9.12. The average Bonchev–Trinajstić information content (AvgIpc) is 2.64. The van der Waals surface area contributed by atoms with Crippen LogP contribution in [0.2, 0.25) is 0 Å². The summed E-state index contributed by atoms with van der Waals surface area (Å²) in [6, 6.07) is 5.64. The molecule has 1 nitrogen and oxygen atoms in total. The smallest absolute Gasteiger partial charge is 0.162 e. The molecule has 6 heteroatoms. The molecule has 2 aromatic rings. The molecular weight excluding hydrogens is 388 g/mol. The van der Waals surface area contributed by atoms with Crippen LogP contribution in [0.25, 0.3) is 0 Å². The van der Waals surface area contributed by atoms with Gasteiger partial charge < -0.3 is 5.73 Å². The summed E-state index contributed by atoms with van der Waals surface area (Å²) in [7, 11) is 0. The van der Waals surface area contributed by atoms with Gasteiger partial charge in [-0.1, -0.05) is 12.1 Å². The van der Waals surface area contributed by atoms with Crippen LogP contribution in [0.3, 0.4) is 0 Å². The third-order valence-electron chi connectivity index (χ3n) is 2.55. The van der Waals surface area contributed by atoms with Gasteiger partial charge in [-0.05, 0) is 61.5 Å². The molecule has 0 amide bonds. The molecule has 0 aliphatic rings. The summed E-state index contributed by atoms with van der Waals surface area (Å²) in [5.74, 6) is -1.66. The Morgan fingerprint density at radius 2 is 2.00 bits per heavy atom. The van der Waals surface area contributed by atoms with E-state index in [2.05, 4.69) is 31.9 Å². The Labute approximate surface area is 124 Å². The number of hydrogen-bond acceptors (Lipinski definition) is 2. The molecular formula is C12H9Br2F2NS. The van der Waals surface area contributed by atoms with Gasteiger partial charge in [0.2, 0.25) is 0 Å². The van der Waals surface area contributed by atoms with E-state index in [1.807, 2.05) is 6.07 Å². The first-order valence-corrected chi connectivity index (χ1v) is 7.52. The van der Waals surface area contributed by atoms with E-state index in [-0.39, 0.29) is 18.0 Å². The highest BCUT2D eigenvalue weighted by Gasteiger charge is 2.16. The van der Waals surface area contributed by atoms with Gasteiger partial charge in [-0.15, -0.1) is 11.3 Å². The Morgan fingerprint density at radius 1 is 1.28 bits per heavy atom. The highest BCUT2D eigenvalue weighted by atomic mass is 79.9. The maximum Gasteiger partial charge on any atom is 0.162 e. The van der Waals surface area contributed by atoms with Crippen LogP contribution in [0.15, 0.2) is 31.8 Å². The quantitative estimate of drug-likeness (QED) is 0.792. The van der Waals surface area contributed by atoms with Crippen molar-refractivity contribution in [3.05, 3.63) is 54.6 Å². The topological polar surface area (TPSA) is 26.0 Å². The number of hydrogen-bond donors (Lipinski definition) is 1. The third kappa shape index (κ3) is 2.99. The number of nitrogens with two attached hydrogens (primary N) is 1. The average molecular weight is 397 g/mol. The largest absolute Gasteiger partial charge is 0.324 e. The van der Waals surface area contributed by atoms with E-state index in [9.17, 15) is 8.78 Å². The maximum absolute atomic E-state index is 13.5. The van der Waals surface area contributed by atoms with E-state index in [0.29, 0.717) is 0 Å². The Hall–Kier alpha value is -0.300. The fraction of sp³-hybridized carbons (Fsp3) is 0.167. The second kappa shape index (κ2) is 5.77. The van der Waals surface area contributed by atoms with Gasteiger partial charge in [0.25, 0.3) is 0 Å². The van der Waals surface area contributed by atoms with Gasteiger partial charge in [0.1, 0.15) is 0 Å². The highest BCUT2D eigenvalue weighted by Crippen LogP contribution is 2.35. The number of thiophene rings is 1. The van der Waals surface area contributed by atoms with Gasteiger partial charge in [0, 0.05) is 6.04 Å². The zero-order valence-corrected chi connectivity index (χ0v) is 13.1. The van der Waals surface area contributed by atoms with Crippen molar-refractivity contribution in [1.29, 1.82) is 0 Å². The molecule has 18 heavy (non-hydrogen) atoms. The summed E-state index contributed by atoms with van der Waals surface area (Å²) in [6.45, 7) is 0. The second-order valence-corrected chi connectivity index (χ2v) is 7.55. The van der Waals surface area contributed by atoms with E-state index in [1.54, 1.807) is 6.07 Å². The van der Waals surface area contributed by atoms with Gasteiger partial charge >= 0.3 is 0 Å². The van der Waals surface area contributed by atoms with Crippen molar-refractivity contribution in [2.75, 3.05) is 0 Å². The summed E-state index contributed by atoms with van der Waals surface area (Å²) in [4.78, 5) is 0. The van der Waals surface area contributed by atoms with Gasteiger partial charge in [-0.3, -0.25) is 0 Å². The molecule has 0 saturated heterocycles. The molecule has 1 aromatic heterocycles. The van der Waals surface area contributed by atoms with Crippen LogP contribution in [-0.4, -0.2) is 0 Å². The first kappa shape index (κ1) is 14.1. The lowest BCUT2D eigenvalue weighted by Gasteiger charge is -2.11. The molecule has 1 aromatic carbocycles. The zero-order valence-electron chi connectivity index (χ0n) is 9.09. The molecule has 0 fully saturated rings. The first-order chi connectivity index (χ1) is 8.49. The predicted molar refractivity (Wildman–Crippen MR) is 76.7 cm³/mol. The standard InChI is InChI=1S/C12H9Br2F2NS/c13-10-5-7(12(14)18-10)9(17)4-6-2-1-3-8(15)11(6)16/h1-3,5,9H,4,17H2. The fourth-order valence-electron chi connectivity index (χ4n) is 1.66. The predicted octanol–water partition coefficient (Wildman–Crippen LogP) is 4.79. The van der Waals surface area contributed by atoms with Crippen LogP contribution < -0.4 is 5.73 Å². The van der Waals surface area contributed by atoms with Crippen LogP contribution in [0.1, 0.15) is 17.2 Å². The van der Waals surface area contributed by atoms with Crippen molar-refractivity contribution < 1.29 is 8.78 Å². The van der Waals surface area contributed by atoms with Crippen molar-refractivity contribution in [2.24, 2.45) is 5.73 Å². The van der Waals surface area contributed by atoms with Crippen LogP contribution in [0.4, 0.5) is 8.78 Å². The lowest BCUT2D eigenvalue weighted by atomic mass is 10.0. The molecule has 96 valence electrons. The minimum absolute atomic E-state index is 0.255. The van der Waals surface area contributed by atoms with Crippen LogP contribution in [0.5, 0.6) is 0 Å². The lowest BCUT2D eigenvalue weighted by molar-refractivity contribution is 0.494. The lowest BCUT2D eigenvalue weighted by Crippen LogP contribution is -2.14. The molecule has 0 saturated carbocycles. The molecule has 0 aliphatic heterocycles. The van der Waals surface area contributed by atoms with Crippen molar-refractivity contribution in [2.45, 2.75) is 12.5 Å². The van der Waals surface area contributed by atoms with Crippen LogP contribution in [-0.2, 0) is 6.42 Å². The molecule has 1 heterocycles. The van der Waals surface area contributed by atoms with E-state index >= 15 is 0 Å². The minimum Gasteiger partial charge on any atom is -0.324 e. The van der Waals surface area contributed by atoms with Crippen LogP contribution in [0, 0.1) is 11.6 Å². The molecule has 0 aliphatic carbocycles. The number of rotatable bonds is 3. The van der Waals surface area contributed by atoms with Crippen molar-refractivity contribution in [3.63, 3.8) is 0 Å². The minimum atomic E-state index is -0.842. The molecule has 0 spiro atoms. The Bertz CT molecular complexity index is 571. The normalized spacial score (nSPS) is 12.7. The van der Waals surface area contributed by atoms with Gasteiger partial charge in [0.15, 0.2) is 11.6 Å². The van der Waals surface area contributed by atoms with Crippen molar-refractivity contribution in [1.82, 2.24) is 0 Å². The Kier molecular flexibility index (Phi) is 4.53. The SMILES string of the molecule is NC(Cc1cccc(F)c1F)c1cc(Br)sc1Br. The number of benzene rings is 1. The summed E-state index contributed by atoms with van der Waals surface area (Å²) >= 11 is 8.27. The fourth-order valence-corrected chi connectivity index (χ4v) is 4.66. The molecule has 1 atom stereocenters. The zero-order chi connectivity index (χ0) is 13.3. The summed E-state index contributed by atoms with van der Waals surface area (Å²) in [5.41, 5.74) is 7.20. The third-order valence-corrected chi connectivity index (χ3v) is 4.94. The molecule has 0 radical (unpaired) electrons. The van der Waals surface area contributed by atoms with E-state index in [4.69, 9.17) is 5.73 Å². The summed E-state index contributed by atoms with van der Waals surface area (Å²) in [5, 5.41) is 0. The molecule has 2 rings (SSSR count). The Balaban J connectivity index is 2.24. The van der Waals surface area contributed by atoms with Crippen molar-refractivity contribution in [3.8, 4) is 0 Å². The monoisotopic (exact) mass is 395 g/mol. The maximum atomic E-state index is 13.5. The van der Waals surface area contributed by atoms with Gasteiger partial charge in [-0.25, -0.2) is 8.78 Å². The Morgan fingerprint density at radius 3 is 2.61 bits per heavy atom. The number of halogens is 4. The molecule has 0 bridgehead atoms. The van der Waals surface area contributed by atoms with E-state index in [0.717, 1.165) is 19.2 Å². The van der Waals surface area contributed by atoms with E-state index in [1.165, 1.54) is 17.4 Å². The van der Waals surface area contributed by atoms with Gasteiger partial charge in [-0.2, -0.15) is 0 Å². The second-order valence-electron chi connectivity index (χ2n) is 3.80.